The molecule has 1 aromatic carbocycles. The molecule has 2 aliphatic carbocycles. The van der Waals surface area contributed by atoms with Crippen molar-refractivity contribution < 1.29 is 9.53 Å². The van der Waals surface area contributed by atoms with E-state index in [1.807, 2.05) is 12.1 Å². The first-order valence-electron chi connectivity index (χ1n) is 9.31. The fraction of sp³-hybridized carbons (Fsp3) is 0.500. The van der Waals surface area contributed by atoms with Crippen molar-refractivity contribution in [2.24, 2.45) is 0 Å². The predicted molar refractivity (Wildman–Crippen MR) is 101 cm³/mol. The first-order chi connectivity index (χ1) is 12.2. The fourth-order valence-corrected chi connectivity index (χ4v) is 4.31. The summed E-state index contributed by atoms with van der Waals surface area (Å²) in [5.74, 6) is 1.13. The van der Waals surface area contributed by atoms with Crippen LogP contribution in [0.25, 0.3) is 0 Å². The Hall–Kier alpha value is -1.88. The van der Waals surface area contributed by atoms with Gasteiger partial charge in [0, 0.05) is 17.7 Å². The molecule has 0 radical (unpaired) electrons. The first-order valence-corrected chi connectivity index (χ1v) is 9.72. The maximum Gasteiger partial charge on any atom is 0.171 e. The van der Waals surface area contributed by atoms with Gasteiger partial charge in [-0.05, 0) is 68.4 Å². The van der Waals surface area contributed by atoms with Crippen LogP contribution in [0.15, 0.2) is 35.5 Å². The van der Waals surface area contributed by atoms with Gasteiger partial charge in [0.25, 0.3) is 0 Å². The molecule has 1 aliphatic heterocycles. The highest BCUT2D eigenvalue weighted by atomic mass is 32.1. The van der Waals surface area contributed by atoms with Crippen LogP contribution in [-0.2, 0) is 4.79 Å². The second-order valence-corrected chi connectivity index (χ2v) is 7.56. The van der Waals surface area contributed by atoms with E-state index in [2.05, 4.69) is 22.8 Å². The van der Waals surface area contributed by atoms with Crippen molar-refractivity contribution in [3.05, 3.63) is 41.1 Å². The van der Waals surface area contributed by atoms with Gasteiger partial charge in [0.1, 0.15) is 5.75 Å². The normalized spacial score (nSPS) is 24.4. The molecule has 0 aromatic heterocycles. The second kappa shape index (κ2) is 7.16. The number of ether oxygens (including phenoxy) is 1. The van der Waals surface area contributed by atoms with Gasteiger partial charge in [-0.3, -0.25) is 4.79 Å². The molecule has 132 valence electrons. The van der Waals surface area contributed by atoms with Gasteiger partial charge >= 0.3 is 0 Å². The smallest absolute Gasteiger partial charge is 0.171 e. The van der Waals surface area contributed by atoms with E-state index >= 15 is 0 Å². The maximum atomic E-state index is 12.4. The monoisotopic (exact) mass is 356 g/mol. The van der Waals surface area contributed by atoms with Gasteiger partial charge in [-0.1, -0.05) is 18.6 Å². The number of carbonyl (C=O) groups is 1. The van der Waals surface area contributed by atoms with Crippen LogP contribution in [-0.4, -0.2) is 17.0 Å². The molecule has 1 atom stereocenters. The number of rotatable bonds is 3. The van der Waals surface area contributed by atoms with Crippen molar-refractivity contribution >= 4 is 23.1 Å². The van der Waals surface area contributed by atoms with Crippen molar-refractivity contribution in [3.8, 4) is 5.75 Å². The Labute approximate surface area is 154 Å². The Balaban J connectivity index is 1.54. The number of hydrogen-bond donors (Lipinski definition) is 2. The SMILES string of the molecule is O=C1CCCC2=C1C(c1ccc(OC3CCCCC3)cc1)NC(=S)N2. The van der Waals surface area contributed by atoms with Crippen LogP contribution in [0.5, 0.6) is 5.75 Å². The van der Waals surface area contributed by atoms with Crippen LogP contribution in [0.2, 0.25) is 0 Å². The number of hydrogen-bond acceptors (Lipinski definition) is 3. The summed E-state index contributed by atoms with van der Waals surface area (Å²) < 4.78 is 6.11. The lowest BCUT2D eigenvalue weighted by Gasteiger charge is -2.33. The minimum Gasteiger partial charge on any atom is -0.490 e. The zero-order valence-corrected chi connectivity index (χ0v) is 15.2. The van der Waals surface area contributed by atoms with Crippen molar-refractivity contribution in [1.29, 1.82) is 0 Å². The summed E-state index contributed by atoms with van der Waals surface area (Å²) in [6.07, 6.45) is 8.90. The molecule has 25 heavy (non-hydrogen) atoms. The Bertz CT molecular complexity index is 705. The van der Waals surface area contributed by atoms with Crippen molar-refractivity contribution in [1.82, 2.24) is 10.6 Å². The van der Waals surface area contributed by atoms with Gasteiger partial charge in [-0.25, -0.2) is 0 Å². The molecule has 4 rings (SSSR count). The van der Waals surface area contributed by atoms with Gasteiger partial charge in [-0.15, -0.1) is 0 Å². The minimum atomic E-state index is -0.153. The van der Waals surface area contributed by atoms with Crippen molar-refractivity contribution in [2.75, 3.05) is 0 Å². The summed E-state index contributed by atoms with van der Waals surface area (Å²) in [6, 6.07) is 7.99. The molecule has 0 bridgehead atoms. The molecular formula is C20H24N2O2S. The molecule has 1 aromatic rings. The van der Waals surface area contributed by atoms with E-state index < -0.39 is 0 Å². The third-order valence-corrected chi connectivity index (χ3v) is 5.57. The minimum absolute atomic E-state index is 0.153. The molecule has 4 nitrogen and oxygen atoms in total. The third kappa shape index (κ3) is 3.56. The molecule has 1 heterocycles. The standard InChI is InChI=1S/C20H24N2O2S/c23-17-8-4-7-16-18(17)19(22-20(25)21-16)13-9-11-15(12-10-13)24-14-5-2-1-3-6-14/h9-12,14,19H,1-8H2,(H2,21,22,25). The van der Waals surface area contributed by atoms with Crippen molar-refractivity contribution in [3.63, 3.8) is 0 Å². The molecule has 3 aliphatic rings. The quantitative estimate of drug-likeness (QED) is 0.804. The summed E-state index contributed by atoms with van der Waals surface area (Å²) in [5.41, 5.74) is 2.90. The van der Waals surface area contributed by atoms with E-state index in [1.165, 1.54) is 19.3 Å². The summed E-state index contributed by atoms with van der Waals surface area (Å²) in [4.78, 5) is 12.4. The Morgan fingerprint density at radius 3 is 2.52 bits per heavy atom. The van der Waals surface area contributed by atoms with E-state index in [1.54, 1.807) is 0 Å². The van der Waals surface area contributed by atoms with Gasteiger partial charge < -0.3 is 15.4 Å². The van der Waals surface area contributed by atoms with Crippen LogP contribution in [0.3, 0.4) is 0 Å². The summed E-state index contributed by atoms with van der Waals surface area (Å²) >= 11 is 5.33. The second-order valence-electron chi connectivity index (χ2n) is 7.15. The molecule has 0 amide bonds. The molecule has 2 N–H and O–H groups in total. The van der Waals surface area contributed by atoms with Crippen LogP contribution >= 0.6 is 12.2 Å². The number of allylic oxidation sites excluding steroid dienone is 1. The predicted octanol–water partition coefficient (Wildman–Crippen LogP) is 3.92. The third-order valence-electron chi connectivity index (χ3n) is 5.35. The number of nitrogens with one attached hydrogen (secondary N) is 2. The largest absolute Gasteiger partial charge is 0.490 e. The van der Waals surface area contributed by atoms with E-state index in [4.69, 9.17) is 17.0 Å². The van der Waals surface area contributed by atoms with E-state index in [0.717, 1.165) is 48.3 Å². The lowest BCUT2D eigenvalue weighted by molar-refractivity contribution is -0.116. The lowest BCUT2D eigenvalue weighted by Crippen LogP contribution is -2.46. The Morgan fingerprint density at radius 2 is 1.76 bits per heavy atom. The van der Waals surface area contributed by atoms with Gasteiger partial charge in [0.15, 0.2) is 10.9 Å². The lowest BCUT2D eigenvalue weighted by atomic mass is 9.85. The number of carbonyl (C=O) groups excluding carboxylic acids is 1. The Morgan fingerprint density at radius 1 is 1.00 bits per heavy atom. The molecule has 5 heteroatoms. The zero-order chi connectivity index (χ0) is 17.2. The molecule has 0 saturated heterocycles. The van der Waals surface area contributed by atoms with Crippen LogP contribution in [0.1, 0.15) is 63.0 Å². The average Bonchev–Trinajstić information content (AvgIpc) is 2.62. The number of thiocarbonyl (C=S) groups is 1. The number of Topliss-reactive ketones (excluding diaryl/α,β-unsaturated/α-hetero) is 1. The van der Waals surface area contributed by atoms with E-state index in [0.29, 0.717) is 17.6 Å². The maximum absolute atomic E-state index is 12.4. The van der Waals surface area contributed by atoms with Crippen molar-refractivity contribution in [2.45, 2.75) is 63.5 Å². The van der Waals surface area contributed by atoms with E-state index in [9.17, 15) is 4.79 Å². The molecule has 1 fully saturated rings. The van der Waals surface area contributed by atoms with Gasteiger partial charge in [0.2, 0.25) is 0 Å². The van der Waals surface area contributed by atoms with Gasteiger partial charge in [-0.2, -0.15) is 0 Å². The van der Waals surface area contributed by atoms with Crippen LogP contribution in [0.4, 0.5) is 0 Å². The number of benzene rings is 1. The van der Waals surface area contributed by atoms with Gasteiger partial charge in [0.05, 0.1) is 12.1 Å². The highest BCUT2D eigenvalue weighted by Crippen LogP contribution is 2.34. The first kappa shape index (κ1) is 16.6. The molecule has 1 saturated carbocycles. The van der Waals surface area contributed by atoms with E-state index in [-0.39, 0.29) is 11.8 Å². The topological polar surface area (TPSA) is 50.4 Å². The molecular weight excluding hydrogens is 332 g/mol. The van der Waals surface area contributed by atoms with Crippen LogP contribution in [0, 0.1) is 0 Å². The Kier molecular flexibility index (Phi) is 4.75. The molecule has 0 spiro atoms. The molecule has 1 unspecified atom stereocenters. The average molecular weight is 356 g/mol. The zero-order valence-electron chi connectivity index (χ0n) is 14.3. The highest BCUT2D eigenvalue weighted by Gasteiger charge is 2.33. The number of ketones is 1. The highest BCUT2D eigenvalue weighted by molar-refractivity contribution is 7.80. The fourth-order valence-electron chi connectivity index (χ4n) is 4.07. The van der Waals surface area contributed by atoms with Crippen LogP contribution < -0.4 is 15.4 Å². The summed E-state index contributed by atoms with van der Waals surface area (Å²) in [6.45, 7) is 0. The summed E-state index contributed by atoms with van der Waals surface area (Å²) in [7, 11) is 0. The summed E-state index contributed by atoms with van der Waals surface area (Å²) in [5, 5.41) is 7.03.